The normalized spacial score (nSPS) is 30.7. The number of rotatable bonds is 8. The van der Waals surface area contributed by atoms with E-state index in [1.165, 1.54) is 25.3 Å². The van der Waals surface area contributed by atoms with Crippen LogP contribution in [0.15, 0.2) is 18.2 Å². The molecule has 13 heteroatoms. The molecule has 2 saturated heterocycles. The molecular formula is C33H39NO12. The van der Waals surface area contributed by atoms with Crippen LogP contribution in [0.5, 0.6) is 17.2 Å². The molecule has 4 aliphatic rings. The fourth-order valence-corrected chi connectivity index (χ4v) is 7.19. The average molecular weight is 642 g/mol. The van der Waals surface area contributed by atoms with Crippen LogP contribution in [0.25, 0.3) is 0 Å². The molecule has 1 unspecified atom stereocenters. The van der Waals surface area contributed by atoms with Gasteiger partial charge in [-0.15, -0.1) is 0 Å². The number of methoxy groups -OCH3 is 1. The maximum absolute atomic E-state index is 13.9. The summed E-state index contributed by atoms with van der Waals surface area (Å²) in [5, 5.41) is 47.7. The number of aromatic hydroxyl groups is 2. The summed E-state index contributed by atoms with van der Waals surface area (Å²) in [6.07, 6.45) is -1.46. The van der Waals surface area contributed by atoms with Gasteiger partial charge in [0.2, 0.25) is 5.78 Å². The standard InChI is InChI=1S/C33H39NO12/c1-15-32(46-22-9-4-5-10-43-22)18(34-2)11-23(44-15)45-20-13-33(41,21(36)14-35)12-17-25(20)31(40)27-26(29(17)38)28(37)16-7-6-8-19(42-3)24(16)30(27)39/h6-8,15,18,20,22-23,32,34-35,38,40-41H,4-5,9-14H2,1-3H3/t15-,18-,20?,22+,23-,32+,33-/m0/s1. The van der Waals surface area contributed by atoms with Crippen molar-refractivity contribution in [1.82, 2.24) is 5.32 Å². The SMILES string of the molecule is CN[C@H]1C[C@H](OC2C[C@](O)(C(=O)CO)Cc3c(O)c4c(c(O)c32)C(=O)c2c(OC)cccc2C4=O)O[C@@H](C)[C@H]1O[C@@H]1CCCCO1. The minimum absolute atomic E-state index is 0.0325. The van der Waals surface area contributed by atoms with Gasteiger partial charge in [0, 0.05) is 48.6 Å². The highest BCUT2D eigenvalue weighted by atomic mass is 16.7. The van der Waals surface area contributed by atoms with Gasteiger partial charge in [0.1, 0.15) is 35.6 Å². The third kappa shape index (κ3) is 5.39. The summed E-state index contributed by atoms with van der Waals surface area (Å²) in [6.45, 7) is 1.44. The van der Waals surface area contributed by atoms with Crippen LogP contribution in [0.4, 0.5) is 0 Å². The molecule has 0 bridgehead atoms. The zero-order chi connectivity index (χ0) is 32.9. The van der Waals surface area contributed by atoms with Gasteiger partial charge in [0.15, 0.2) is 24.1 Å². The van der Waals surface area contributed by atoms with E-state index in [0.29, 0.717) is 6.61 Å². The summed E-state index contributed by atoms with van der Waals surface area (Å²) in [4.78, 5) is 40.4. The van der Waals surface area contributed by atoms with Gasteiger partial charge < -0.3 is 49.4 Å². The molecule has 248 valence electrons. The smallest absolute Gasteiger partial charge is 0.202 e. The van der Waals surface area contributed by atoms with Crippen molar-refractivity contribution < 1.29 is 58.5 Å². The lowest BCUT2D eigenvalue weighted by molar-refractivity contribution is -0.283. The van der Waals surface area contributed by atoms with E-state index >= 15 is 0 Å². The van der Waals surface area contributed by atoms with E-state index in [9.17, 15) is 34.8 Å². The van der Waals surface area contributed by atoms with Gasteiger partial charge >= 0.3 is 0 Å². The molecule has 0 spiro atoms. The molecule has 6 rings (SSSR count). The Balaban J connectivity index is 1.39. The fraction of sp³-hybridized carbons (Fsp3) is 0.545. The van der Waals surface area contributed by atoms with Crippen molar-refractivity contribution in [2.75, 3.05) is 27.4 Å². The van der Waals surface area contributed by atoms with Crippen LogP contribution < -0.4 is 10.1 Å². The lowest BCUT2D eigenvalue weighted by Crippen LogP contribution is -2.56. The van der Waals surface area contributed by atoms with Gasteiger partial charge in [0.05, 0.1) is 36.0 Å². The number of ketones is 3. The number of Topliss-reactive ketones (excluding diaryl/α,β-unsaturated/α-hetero) is 1. The second kappa shape index (κ2) is 12.6. The number of fused-ring (bicyclic) bond motifs is 3. The quantitative estimate of drug-likeness (QED) is 0.224. The van der Waals surface area contributed by atoms with E-state index in [4.69, 9.17) is 23.7 Å². The lowest BCUT2D eigenvalue weighted by atomic mass is 9.72. The first-order chi connectivity index (χ1) is 22.0. The summed E-state index contributed by atoms with van der Waals surface area (Å²) < 4.78 is 29.9. The molecule has 0 amide bonds. The highest BCUT2D eigenvalue weighted by Crippen LogP contribution is 2.52. The Kier molecular flexibility index (Phi) is 8.93. The van der Waals surface area contributed by atoms with E-state index in [0.717, 1.165) is 19.3 Å². The molecule has 7 atom stereocenters. The van der Waals surface area contributed by atoms with E-state index < -0.39 is 83.5 Å². The van der Waals surface area contributed by atoms with Crippen molar-refractivity contribution in [1.29, 1.82) is 0 Å². The second-order valence-corrected chi connectivity index (χ2v) is 12.3. The molecule has 2 aliphatic heterocycles. The number of likely N-dealkylation sites (N-methyl/N-ethyl adjacent to an activating group) is 1. The predicted molar refractivity (Wildman–Crippen MR) is 159 cm³/mol. The minimum Gasteiger partial charge on any atom is -0.507 e. The van der Waals surface area contributed by atoms with Crippen LogP contribution in [-0.2, 0) is 30.2 Å². The Hall–Kier alpha value is -3.43. The molecule has 5 N–H and O–H groups in total. The monoisotopic (exact) mass is 641 g/mol. The number of aliphatic hydroxyl groups is 2. The maximum atomic E-state index is 13.9. The summed E-state index contributed by atoms with van der Waals surface area (Å²) in [5.74, 6) is -3.59. The van der Waals surface area contributed by atoms with Crippen molar-refractivity contribution in [3.63, 3.8) is 0 Å². The number of ether oxygens (including phenoxy) is 5. The summed E-state index contributed by atoms with van der Waals surface area (Å²) >= 11 is 0. The first kappa shape index (κ1) is 32.5. The van der Waals surface area contributed by atoms with Crippen LogP contribution in [0.1, 0.15) is 88.1 Å². The number of nitrogens with one attached hydrogen (secondary N) is 1. The van der Waals surface area contributed by atoms with Gasteiger partial charge in [-0.1, -0.05) is 12.1 Å². The number of phenolic OH excluding ortho intramolecular Hbond substituents is 2. The van der Waals surface area contributed by atoms with E-state index in [1.807, 2.05) is 6.92 Å². The van der Waals surface area contributed by atoms with Crippen molar-refractivity contribution in [3.05, 3.63) is 51.6 Å². The lowest BCUT2D eigenvalue weighted by Gasteiger charge is -2.44. The van der Waals surface area contributed by atoms with Gasteiger partial charge in [-0.05, 0) is 39.3 Å². The van der Waals surface area contributed by atoms with Crippen LogP contribution in [-0.4, -0.2) is 102 Å². The molecular weight excluding hydrogens is 602 g/mol. The first-order valence-electron chi connectivity index (χ1n) is 15.5. The van der Waals surface area contributed by atoms with E-state index in [-0.39, 0.29) is 52.9 Å². The Labute approximate surface area is 265 Å². The minimum atomic E-state index is -2.22. The molecule has 0 saturated carbocycles. The third-order valence-corrected chi connectivity index (χ3v) is 9.54. The van der Waals surface area contributed by atoms with E-state index in [1.54, 1.807) is 7.05 Å². The van der Waals surface area contributed by atoms with Gasteiger partial charge in [0.25, 0.3) is 0 Å². The van der Waals surface area contributed by atoms with Gasteiger partial charge in [-0.3, -0.25) is 14.4 Å². The molecule has 46 heavy (non-hydrogen) atoms. The number of hydrogen-bond acceptors (Lipinski definition) is 13. The maximum Gasteiger partial charge on any atom is 0.202 e. The topological polar surface area (TPSA) is 190 Å². The number of benzene rings is 2. The van der Waals surface area contributed by atoms with Crippen LogP contribution in [0.3, 0.4) is 0 Å². The molecule has 13 nitrogen and oxygen atoms in total. The van der Waals surface area contributed by atoms with Crippen molar-refractivity contribution in [3.8, 4) is 17.2 Å². The second-order valence-electron chi connectivity index (χ2n) is 12.3. The summed E-state index contributed by atoms with van der Waals surface area (Å²) in [5.41, 5.74) is -3.41. The molecule has 2 aromatic carbocycles. The Morgan fingerprint density at radius 3 is 2.50 bits per heavy atom. The number of phenols is 2. The Bertz CT molecular complexity index is 1550. The third-order valence-electron chi connectivity index (χ3n) is 9.54. The average Bonchev–Trinajstić information content (AvgIpc) is 3.05. The Morgan fingerprint density at radius 1 is 1.07 bits per heavy atom. The summed E-state index contributed by atoms with van der Waals surface area (Å²) in [6, 6.07) is 4.18. The van der Waals surface area contributed by atoms with Gasteiger partial charge in [-0.2, -0.15) is 0 Å². The van der Waals surface area contributed by atoms with Crippen molar-refractivity contribution in [2.24, 2.45) is 0 Å². The molecule has 2 fully saturated rings. The van der Waals surface area contributed by atoms with Gasteiger partial charge in [-0.25, -0.2) is 0 Å². The molecule has 2 heterocycles. The highest BCUT2D eigenvalue weighted by molar-refractivity contribution is 6.31. The highest BCUT2D eigenvalue weighted by Gasteiger charge is 2.50. The zero-order valence-electron chi connectivity index (χ0n) is 25.9. The predicted octanol–water partition coefficient (Wildman–Crippen LogP) is 1.81. The molecule has 0 aromatic heterocycles. The molecule has 2 aliphatic carbocycles. The van der Waals surface area contributed by atoms with Crippen LogP contribution in [0.2, 0.25) is 0 Å². The number of carbonyl (C=O) groups excluding carboxylic acids is 3. The zero-order valence-corrected chi connectivity index (χ0v) is 25.9. The number of aliphatic hydroxyl groups excluding tert-OH is 1. The number of carbonyl (C=O) groups is 3. The molecule has 0 radical (unpaired) electrons. The van der Waals surface area contributed by atoms with Crippen LogP contribution in [0, 0.1) is 0 Å². The summed E-state index contributed by atoms with van der Waals surface area (Å²) in [7, 11) is 3.12. The first-order valence-corrected chi connectivity index (χ1v) is 15.5. The number of hydrogen-bond donors (Lipinski definition) is 5. The molecule has 2 aromatic rings. The van der Waals surface area contributed by atoms with Crippen molar-refractivity contribution in [2.45, 2.75) is 88.0 Å². The Morgan fingerprint density at radius 2 is 1.83 bits per heavy atom. The van der Waals surface area contributed by atoms with Crippen molar-refractivity contribution >= 4 is 17.3 Å². The fourth-order valence-electron chi connectivity index (χ4n) is 7.19. The van der Waals surface area contributed by atoms with E-state index in [2.05, 4.69) is 5.32 Å². The largest absolute Gasteiger partial charge is 0.507 e. The van der Waals surface area contributed by atoms with Crippen LogP contribution >= 0.6 is 0 Å².